The first kappa shape index (κ1) is 14.3. The molecule has 0 aliphatic carbocycles. The monoisotopic (exact) mass is 264 g/mol. The van der Waals surface area contributed by atoms with Gasteiger partial charge in [0.25, 0.3) is 0 Å². The second-order valence-electron chi connectivity index (χ2n) is 5.94. The first-order valence-corrected chi connectivity index (χ1v) is 12.6. The van der Waals surface area contributed by atoms with Gasteiger partial charge in [0.2, 0.25) is 0 Å². The summed E-state index contributed by atoms with van der Waals surface area (Å²) >= 11 is 0. The fourth-order valence-corrected chi connectivity index (χ4v) is 3.11. The van der Waals surface area contributed by atoms with Crippen LogP contribution >= 0.6 is 0 Å². The zero-order valence-electron chi connectivity index (χ0n) is 11.2. The van der Waals surface area contributed by atoms with Crippen LogP contribution in [0.25, 0.3) is 0 Å². The van der Waals surface area contributed by atoms with Crippen LogP contribution in [0.2, 0.25) is 39.3 Å². The van der Waals surface area contributed by atoms with Crippen molar-refractivity contribution < 1.29 is 18.3 Å². The maximum absolute atomic E-state index is 5.93. The van der Waals surface area contributed by atoms with E-state index in [1.165, 1.54) is 0 Å². The van der Waals surface area contributed by atoms with Crippen LogP contribution in [0.15, 0.2) is 0 Å². The molecule has 0 aromatic heterocycles. The van der Waals surface area contributed by atoms with E-state index < -0.39 is 16.6 Å². The Bertz CT molecular complexity index is 198. The Morgan fingerprint density at radius 2 is 1.06 bits per heavy atom. The lowest BCUT2D eigenvalue weighted by Gasteiger charge is -2.38. The molecule has 0 radical (unpaired) electrons. The van der Waals surface area contributed by atoms with Crippen molar-refractivity contribution in [1.82, 2.24) is 0 Å². The highest BCUT2D eigenvalue weighted by molar-refractivity contribution is 6.70. The Balaban J connectivity index is 2.57. The standard InChI is InChI=1S/C10H24O4Si2/c1-15(2,3)13-9-10(12-8-7-11-9)14-16(4,5)6/h9-10H,7-8H2,1-6H3. The van der Waals surface area contributed by atoms with Gasteiger partial charge in [0, 0.05) is 0 Å². The molecular weight excluding hydrogens is 240 g/mol. The predicted molar refractivity (Wildman–Crippen MR) is 68.3 cm³/mol. The molecule has 16 heavy (non-hydrogen) atoms. The minimum absolute atomic E-state index is 0.354. The molecule has 0 spiro atoms. The summed E-state index contributed by atoms with van der Waals surface area (Å²) in [6.45, 7) is 14.0. The van der Waals surface area contributed by atoms with Gasteiger partial charge in [-0.3, -0.25) is 0 Å². The summed E-state index contributed by atoms with van der Waals surface area (Å²) in [5, 5.41) is 0. The maximum Gasteiger partial charge on any atom is 0.199 e. The van der Waals surface area contributed by atoms with E-state index in [4.69, 9.17) is 18.3 Å². The molecule has 0 saturated carbocycles. The molecule has 0 aromatic carbocycles. The Morgan fingerprint density at radius 3 is 1.31 bits per heavy atom. The van der Waals surface area contributed by atoms with Crippen molar-refractivity contribution in [1.29, 1.82) is 0 Å². The zero-order chi connectivity index (χ0) is 12.4. The Labute approximate surface area is 100 Å². The van der Waals surface area contributed by atoms with Crippen LogP contribution in [0, 0.1) is 0 Å². The molecule has 1 heterocycles. The van der Waals surface area contributed by atoms with Gasteiger partial charge in [0.05, 0.1) is 13.2 Å². The van der Waals surface area contributed by atoms with E-state index in [1.54, 1.807) is 0 Å². The van der Waals surface area contributed by atoms with Gasteiger partial charge in [-0.2, -0.15) is 0 Å². The van der Waals surface area contributed by atoms with Gasteiger partial charge in [-0.1, -0.05) is 0 Å². The molecular formula is C10H24O4Si2. The normalized spacial score (nSPS) is 28.1. The van der Waals surface area contributed by atoms with Crippen LogP contribution < -0.4 is 0 Å². The van der Waals surface area contributed by atoms with Crippen LogP contribution in [0.1, 0.15) is 0 Å². The molecule has 0 amide bonds. The third-order valence-corrected chi connectivity index (χ3v) is 3.69. The highest BCUT2D eigenvalue weighted by Crippen LogP contribution is 2.21. The van der Waals surface area contributed by atoms with Gasteiger partial charge < -0.3 is 18.3 Å². The molecule has 0 bridgehead atoms. The fraction of sp³-hybridized carbons (Fsp3) is 1.00. The Hall–Kier alpha value is 0.274. The summed E-state index contributed by atoms with van der Waals surface area (Å²) in [6, 6.07) is 0. The van der Waals surface area contributed by atoms with Crippen molar-refractivity contribution in [3.8, 4) is 0 Å². The van der Waals surface area contributed by atoms with E-state index in [9.17, 15) is 0 Å². The molecule has 2 unspecified atom stereocenters. The predicted octanol–water partition coefficient (Wildman–Crippen LogP) is 2.39. The SMILES string of the molecule is C[Si](C)(C)OC1OCCOC1O[Si](C)(C)C. The highest BCUT2D eigenvalue weighted by atomic mass is 28.4. The van der Waals surface area contributed by atoms with Gasteiger partial charge in [-0.15, -0.1) is 0 Å². The molecule has 1 aliphatic rings. The number of hydrogen-bond acceptors (Lipinski definition) is 4. The van der Waals surface area contributed by atoms with Crippen LogP contribution in [0.3, 0.4) is 0 Å². The number of rotatable bonds is 4. The first-order valence-electron chi connectivity index (χ1n) is 5.76. The summed E-state index contributed by atoms with van der Waals surface area (Å²) in [7, 11) is -3.26. The molecule has 4 nitrogen and oxygen atoms in total. The summed E-state index contributed by atoms with van der Waals surface area (Å²) in [5.41, 5.74) is 0. The Morgan fingerprint density at radius 1 is 0.750 bits per heavy atom. The van der Waals surface area contributed by atoms with Crippen molar-refractivity contribution in [3.05, 3.63) is 0 Å². The van der Waals surface area contributed by atoms with Gasteiger partial charge in [-0.05, 0) is 39.3 Å². The molecule has 6 heteroatoms. The van der Waals surface area contributed by atoms with Crippen LogP contribution in [0.5, 0.6) is 0 Å². The van der Waals surface area contributed by atoms with Crippen LogP contribution in [0.4, 0.5) is 0 Å². The molecule has 2 atom stereocenters. The van der Waals surface area contributed by atoms with Crippen molar-refractivity contribution in [3.63, 3.8) is 0 Å². The maximum atomic E-state index is 5.93. The van der Waals surface area contributed by atoms with Crippen molar-refractivity contribution in [2.75, 3.05) is 13.2 Å². The van der Waals surface area contributed by atoms with Gasteiger partial charge in [0.15, 0.2) is 29.2 Å². The lowest BCUT2D eigenvalue weighted by atomic mass is 10.5. The summed E-state index contributed by atoms with van der Waals surface area (Å²) in [6.07, 6.45) is -0.709. The third-order valence-electron chi connectivity index (χ3n) is 1.81. The van der Waals surface area contributed by atoms with Crippen LogP contribution in [-0.4, -0.2) is 42.4 Å². The molecule has 0 aromatic rings. The van der Waals surface area contributed by atoms with E-state index in [2.05, 4.69) is 39.3 Å². The van der Waals surface area contributed by atoms with Gasteiger partial charge >= 0.3 is 0 Å². The van der Waals surface area contributed by atoms with Crippen LogP contribution in [-0.2, 0) is 18.3 Å². The molecule has 0 N–H and O–H groups in total. The third kappa shape index (κ3) is 5.56. The van der Waals surface area contributed by atoms with Gasteiger partial charge in [0.1, 0.15) is 0 Å². The average molecular weight is 264 g/mol. The second kappa shape index (κ2) is 5.28. The van der Waals surface area contributed by atoms with E-state index in [1.807, 2.05) is 0 Å². The highest BCUT2D eigenvalue weighted by Gasteiger charge is 2.35. The van der Waals surface area contributed by atoms with Crippen molar-refractivity contribution in [2.24, 2.45) is 0 Å². The molecule has 1 aliphatic heterocycles. The minimum Gasteiger partial charge on any atom is -0.389 e. The number of hydrogen-bond donors (Lipinski definition) is 0. The smallest absolute Gasteiger partial charge is 0.199 e. The molecule has 1 fully saturated rings. The van der Waals surface area contributed by atoms with E-state index in [0.717, 1.165) is 0 Å². The lowest BCUT2D eigenvalue weighted by molar-refractivity contribution is -0.277. The minimum atomic E-state index is -1.63. The Kier molecular flexibility index (Phi) is 4.73. The largest absolute Gasteiger partial charge is 0.389 e. The van der Waals surface area contributed by atoms with E-state index in [0.29, 0.717) is 13.2 Å². The second-order valence-corrected chi connectivity index (χ2v) is 14.9. The van der Waals surface area contributed by atoms with Gasteiger partial charge in [-0.25, -0.2) is 0 Å². The number of ether oxygens (including phenoxy) is 2. The lowest BCUT2D eigenvalue weighted by Crippen LogP contribution is -2.50. The quantitative estimate of drug-likeness (QED) is 0.731. The average Bonchev–Trinajstić information content (AvgIpc) is 2.03. The zero-order valence-corrected chi connectivity index (χ0v) is 13.2. The summed E-state index contributed by atoms with van der Waals surface area (Å²) in [4.78, 5) is 0. The topological polar surface area (TPSA) is 36.9 Å². The first-order chi connectivity index (χ1) is 7.17. The van der Waals surface area contributed by atoms with Crippen molar-refractivity contribution in [2.45, 2.75) is 51.9 Å². The summed E-state index contributed by atoms with van der Waals surface area (Å²) < 4.78 is 23.0. The molecule has 1 saturated heterocycles. The van der Waals surface area contributed by atoms with E-state index >= 15 is 0 Å². The summed E-state index contributed by atoms with van der Waals surface area (Å²) in [5.74, 6) is 0. The van der Waals surface area contributed by atoms with E-state index in [-0.39, 0.29) is 12.6 Å². The molecule has 1 rings (SSSR count). The molecule has 96 valence electrons. The fourth-order valence-electron chi connectivity index (χ4n) is 1.36. The van der Waals surface area contributed by atoms with Crippen molar-refractivity contribution >= 4 is 16.6 Å².